The molecule has 0 radical (unpaired) electrons. The predicted octanol–water partition coefficient (Wildman–Crippen LogP) is 2.66. The van der Waals surface area contributed by atoms with Crippen LogP contribution >= 0.6 is 22.7 Å². The summed E-state index contributed by atoms with van der Waals surface area (Å²) in [5, 5.41) is 10.7. The van der Waals surface area contributed by atoms with Gasteiger partial charge in [-0.25, -0.2) is 4.98 Å². The molecule has 0 amide bonds. The van der Waals surface area contributed by atoms with Gasteiger partial charge in [-0.1, -0.05) is 0 Å². The van der Waals surface area contributed by atoms with Crippen molar-refractivity contribution in [3.63, 3.8) is 0 Å². The topological polar surface area (TPSA) is 68.7 Å². The van der Waals surface area contributed by atoms with Gasteiger partial charge in [0.25, 0.3) is 0 Å². The summed E-state index contributed by atoms with van der Waals surface area (Å²) in [5.74, 6) is 0.689. The summed E-state index contributed by atoms with van der Waals surface area (Å²) in [7, 11) is 0. The number of aliphatic carboxylic acids is 1. The third kappa shape index (κ3) is 2.43. The molecule has 1 N–H and O–H groups in total. The lowest BCUT2D eigenvalue weighted by Gasteiger charge is -2.15. The maximum Gasteiger partial charge on any atom is 0.303 e. The summed E-state index contributed by atoms with van der Waals surface area (Å²) in [4.78, 5) is 16.9. The predicted molar refractivity (Wildman–Crippen MR) is 72.4 cm³/mol. The van der Waals surface area contributed by atoms with Crippen LogP contribution in [-0.2, 0) is 11.2 Å². The van der Waals surface area contributed by atoms with Crippen molar-refractivity contribution in [1.29, 1.82) is 0 Å². The largest absolute Gasteiger partial charge is 0.485 e. The number of carbonyl (C=O) groups is 1. The smallest absolute Gasteiger partial charge is 0.303 e. The molecule has 3 heterocycles. The number of rotatable bonds is 4. The zero-order chi connectivity index (χ0) is 13.2. The Morgan fingerprint density at radius 2 is 2.21 bits per heavy atom. The first-order valence-corrected chi connectivity index (χ1v) is 7.53. The van der Waals surface area contributed by atoms with Crippen LogP contribution in [0, 0.1) is 0 Å². The minimum atomic E-state index is -0.799. The van der Waals surface area contributed by atoms with Crippen molar-refractivity contribution in [1.82, 2.24) is 4.98 Å². The van der Waals surface area contributed by atoms with Crippen LogP contribution in [0.5, 0.6) is 11.5 Å². The summed E-state index contributed by atoms with van der Waals surface area (Å²) >= 11 is 2.99. The fourth-order valence-corrected chi connectivity index (χ4v) is 3.67. The van der Waals surface area contributed by atoms with Gasteiger partial charge in [0.1, 0.15) is 13.2 Å². The van der Waals surface area contributed by atoms with Gasteiger partial charge >= 0.3 is 5.97 Å². The fraction of sp³-hybridized carbons (Fsp3) is 0.333. The molecule has 2 aromatic rings. The molecule has 7 heteroatoms. The highest BCUT2D eigenvalue weighted by atomic mass is 32.1. The average Bonchev–Trinajstić information content (AvgIpc) is 3.02. The summed E-state index contributed by atoms with van der Waals surface area (Å²) in [5.41, 5.74) is 2.56. The van der Waals surface area contributed by atoms with Gasteiger partial charge in [0.05, 0.1) is 22.5 Å². The normalized spacial score (nSPS) is 13.5. The highest BCUT2D eigenvalue weighted by Gasteiger charge is 2.23. The van der Waals surface area contributed by atoms with Gasteiger partial charge in [-0.2, -0.15) is 0 Å². The Morgan fingerprint density at radius 3 is 3.05 bits per heavy atom. The molecule has 3 rings (SSSR count). The molecule has 19 heavy (non-hydrogen) atoms. The summed E-state index contributed by atoms with van der Waals surface area (Å²) in [6.45, 7) is 1.09. The van der Waals surface area contributed by atoms with Crippen molar-refractivity contribution in [2.45, 2.75) is 12.8 Å². The van der Waals surface area contributed by atoms with Crippen molar-refractivity contribution in [3.05, 3.63) is 15.8 Å². The van der Waals surface area contributed by atoms with Crippen LogP contribution in [0.15, 0.2) is 10.9 Å². The molecular formula is C12H11NO4S2. The number of carboxylic acid groups (broad SMARTS) is 1. The summed E-state index contributed by atoms with van der Waals surface area (Å²) in [6.07, 6.45) is 0.600. The molecule has 1 aliphatic rings. The van der Waals surface area contributed by atoms with Crippen molar-refractivity contribution in [2.75, 3.05) is 13.2 Å². The zero-order valence-corrected chi connectivity index (χ0v) is 11.6. The lowest BCUT2D eigenvalue weighted by Crippen LogP contribution is -2.14. The van der Waals surface area contributed by atoms with Gasteiger partial charge in [0, 0.05) is 10.3 Å². The second-order valence-corrected chi connectivity index (χ2v) is 5.79. The van der Waals surface area contributed by atoms with Crippen LogP contribution < -0.4 is 9.47 Å². The molecule has 0 atom stereocenters. The molecule has 0 saturated heterocycles. The van der Waals surface area contributed by atoms with E-state index in [9.17, 15) is 4.79 Å². The Labute approximate surface area is 117 Å². The van der Waals surface area contributed by atoms with Gasteiger partial charge in [-0.3, -0.25) is 4.79 Å². The van der Waals surface area contributed by atoms with E-state index in [1.54, 1.807) is 5.51 Å². The third-order valence-corrected chi connectivity index (χ3v) is 4.56. The maximum absolute atomic E-state index is 10.7. The molecule has 0 spiro atoms. The number of hydrogen-bond donors (Lipinski definition) is 1. The first-order valence-electron chi connectivity index (χ1n) is 5.77. The van der Waals surface area contributed by atoms with Crippen LogP contribution in [0.2, 0.25) is 0 Å². The highest BCUT2D eigenvalue weighted by Crippen LogP contribution is 2.46. The molecule has 2 aromatic heterocycles. The number of thiophene rings is 1. The number of aromatic nitrogens is 1. The molecule has 0 fully saturated rings. The molecule has 1 aliphatic heterocycles. The van der Waals surface area contributed by atoms with E-state index in [0.717, 1.165) is 26.9 Å². The van der Waals surface area contributed by atoms with Crippen LogP contribution in [0.1, 0.15) is 11.3 Å². The van der Waals surface area contributed by atoms with Crippen LogP contribution in [0.25, 0.3) is 10.6 Å². The van der Waals surface area contributed by atoms with E-state index in [2.05, 4.69) is 4.98 Å². The standard InChI is InChI=1S/C12H11NO4S2/c14-9(15)2-1-8-10(13-6-19-8)12-11-7(5-18-12)16-3-4-17-11/h5-6H,1-4H2,(H,14,15). The lowest BCUT2D eigenvalue weighted by atomic mass is 10.2. The lowest BCUT2D eigenvalue weighted by molar-refractivity contribution is -0.136. The fourth-order valence-electron chi connectivity index (χ4n) is 1.88. The first-order chi connectivity index (χ1) is 9.25. The second kappa shape index (κ2) is 5.18. The molecule has 0 aromatic carbocycles. The van der Waals surface area contributed by atoms with E-state index < -0.39 is 5.97 Å². The maximum atomic E-state index is 10.7. The van der Waals surface area contributed by atoms with Gasteiger partial charge in [-0.15, -0.1) is 22.7 Å². The minimum absolute atomic E-state index is 0.111. The Balaban J connectivity index is 1.92. The number of aryl methyl sites for hydroxylation is 1. The SMILES string of the molecule is O=C(O)CCc1scnc1-c1scc2c1OCCO2. The molecule has 0 bridgehead atoms. The van der Waals surface area contributed by atoms with Crippen molar-refractivity contribution in [2.24, 2.45) is 0 Å². The van der Waals surface area contributed by atoms with Gasteiger partial charge in [0.2, 0.25) is 0 Å². The highest BCUT2D eigenvalue weighted by molar-refractivity contribution is 7.15. The Bertz CT molecular complexity index is 605. The van der Waals surface area contributed by atoms with Crippen molar-refractivity contribution >= 4 is 28.6 Å². The van der Waals surface area contributed by atoms with E-state index in [1.807, 2.05) is 5.38 Å². The molecule has 5 nitrogen and oxygen atoms in total. The van der Waals surface area contributed by atoms with E-state index in [4.69, 9.17) is 14.6 Å². The van der Waals surface area contributed by atoms with Crippen LogP contribution in [0.3, 0.4) is 0 Å². The molecule has 0 saturated carbocycles. The summed E-state index contributed by atoms with van der Waals surface area (Å²) < 4.78 is 11.1. The Kier molecular flexibility index (Phi) is 3.39. The van der Waals surface area contributed by atoms with Crippen molar-refractivity contribution < 1.29 is 19.4 Å². The van der Waals surface area contributed by atoms with E-state index in [0.29, 0.717) is 19.6 Å². The van der Waals surface area contributed by atoms with Gasteiger partial charge in [-0.05, 0) is 6.42 Å². The van der Waals surface area contributed by atoms with Gasteiger partial charge in [0.15, 0.2) is 11.5 Å². The quantitative estimate of drug-likeness (QED) is 0.939. The number of hydrogen-bond acceptors (Lipinski definition) is 6. The minimum Gasteiger partial charge on any atom is -0.485 e. The first kappa shape index (κ1) is 12.4. The van der Waals surface area contributed by atoms with E-state index >= 15 is 0 Å². The van der Waals surface area contributed by atoms with E-state index in [-0.39, 0.29) is 6.42 Å². The molecule has 0 unspecified atom stereocenters. The second-order valence-electron chi connectivity index (χ2n) is 3.97. The van der Waals surface area contributed by atoms with Gasteiger partial charge < -0.3 is 14.6 Å². The average molecular weight is 297 g/mol. The van der Waals surface area contributed by atoms with E-state index in [1.165, 1.54) is 22.7 Å². The Morgan fingerprint density at radius 1 is 1.37 bits per heavy atom. The third-order valence-electron chi connectivity index (χ3n) is 2.72. The van der Waals surface area contributed by atoms with Crippen LogP contribution in [0.4, 0.5) is 0 Å². The number of ether oxygens (including phenoxy) is 2. The summed E-state index contributed by atoms with van der Waals surface area (Å²) in [6, 6.07) is 0. The van der Waals surface area contributed by atoms with Crippen molar-refractivity contribution in [3.8, 4) is 22.1 Å². The number of carboxylic acids is 1. The zero-order valence-electron chi connectivity index (χ0n) is 9.92. The molecule has 0 aliphatic carbocycles. The number of fused-ring (bicyclic) bond motifs is 1. The number of nitrogens with zero attached hydrogens (tertiary/aromatic N) is 1. The van der Waals surface area contributed by atoms with Crippen LogP contribution in [-0.4, -0.2) is 29.3 Å². The number of thiazole rings is 1. The monoisotopic (exact) mass is 297 g/mol. The Hall–Kier alpha value is -1.60. The molecular weight excluding hydrogens is 286 g/mol. The molecule has 100 valence electrons.